The Labute approximate surface area is 168 Å². The Bertz CT molecular complexity index is 1070. The van der Waals surface area contributed by atoms with Crippen molar-refractivity contribution in [1.29, 1.82) is 5.26 Å². The zero-order chi connectivity index (χ0) is 20.2. The minimum Gasteiger partial charge on any atom is -0.391 e. The number of benzene rings is 1. The lowest BCUT2D eigenvalue weighted by molar-refractivity contribution is 0.154. The zero-order valence-corrected chi connectivity index (χ0v) is 15.8. The van der Waals surface area contributed by atoms with Crippen molar-refractivity contribution < 1.29 is 9.50 Å². The number of nitrogens with zero attached hydrogens (tertiary/aromatic N) is 3. The predicted molar refractivity (Wildman–Crippen MR) is 112 cm³/mol. The van der Waals surface area contributed by atoms with E-state index in [1.807, 2.05) is 35.3 Å². The second-order valence-corrected chi connectivity index (χ2v) is 7.15. The summed E-state index contributed by atoms with van der Waals surface area (Å²) in [5.41, 5.74) is 3.95. The quantitative estimate of drug-likeness (QED) is 0.702. The molecule has 1 saturated heterocycles. The Morgan fingerprint density at radius 3 is 2.79 bits per heavy atom. The van der Waals surface area contributed by atoms with Crippen LogP contribution in [0.15, 0.2) is 48.7 Å². The third-order valence-electron chi connectivity index (χ3n) is 5.04. The fraction of sp³-hybridized carbons (Fsp3) is 0.217. The predicted octanol–water partition coefficient (Wildman–Crippen LogP) is 4.22. The molecule has 2 N–H and O–H groups in total. The van der Waals surface area contributed by atoms with Gasteiger partial charge in [0.05, 0.1) is 17.4 Å². The summed E-state index contributed by atoms with van der Waals surface area (Å²) in [6.45, 7) is 1.34. The first-order valence-electron chi connectivity index (χ1n) is 9.58. The van der Waals surface area contributed by atoms with Crippen LogP contribution in [0.1, 0.15) is 29.7 Å². The van der Waals surface area contributed by atoms with Crippen LogP contribution in [0.3, 0.4) is 0 Å². The molecule has 1 fully saturated rings. The molecule has 0 radical (unpaired) electrons. The number of aliphatic hydroxyl groups excluding tert-OH is 1. The van der Waals surface area contributed by atoms with E-state index in [0.717, 1.165) is 47.7 Å². The van der Waals surface area contributed by atoms with Crippen molar-refractivity contribution in [3.05, 3.63) is 71.3 Å². The maximum absolute atomic E-state index is 13.0. The molecule has 5 nitrogen and oxygen atoms in total. The smallest absolute Gasteiger partial charge is 0.124 e. The van der Waals surface area contributed by atoms with E-state index < -0.39 is 0 Å². The number of aromatic amines is 1. The first-order valence-corrected chi connectivity index (χ1v) is 9.58. The number of nitriles is 1. The molecule has 4 rings (SSSR count). The number of hydrogen-bond donors (Lipinski definition) is 2. The molecule has 3 aromatic rings. The van der Waals surface area contributed by atoms with Gasteiger partial charge in [-0.05, 0) is 54.8 Å². The number of anilines is 1. The molecule has 0 amide bonds. The summed E-state index contributed by atoms with van der Waals surface area (Å²) in [5, 5.41) is 19.5. The van der Waals surface area contributed by atoms with Crippen molar-refractivity contribution in [1.82, 2.24) is 9.97 Å². The molecule has 2 aromatic heterocycles. The summed E-state index contributed by atoms with van der Waals surface area (Å²) < 4.78 is 13.0. The number of pyridine rings is 1. The lowest BCUT2D eigenvalue weighted by Gasteiger charge is -2.31. The number of nitrogens with one attached hydrogen (secondary N) is 1. The molecule has 3 heterocycles. The number of β-amino-alcohol motifs (C(OH)–C–C–N with tert-alkyl or cyclic N) is 1. The zero-order valence-electron chi connectivity index (χ0n) is 15.8. The number of piperidine rings is 1. The standard InChI is InChI=1S/C23H21FN4O/c24-19-6-3-16(4-7-19)5-8-20-12-17(9-10-26-20)22-13-18(14-25)23(27-22)28-11-1-2-21(29)15-28/h3-10,12-13,21,27,29H,1-2,11,15H2/b8-5+. The van der Waals surface area contributed by atoms with E-state index >= 15 is 0 Å². The van der Waals surface area contributed by atoms with Gasteiger partial charge in [0.2, 0.25) is 0 Å². The topological polar surface area (TPSA) is 75.9 Å². The van der Waals surface area contributed by atoms with E-state index in [2.05, 4.69) is 16.0 Å². The van der Waals surface area contributed by atoms with Gasteiger partial charge in [-0.15, -0.1) is 0 Å². The van der Waals surface area contributed by atoms with Gasteiger partial charge in [0.1, 0.15) is 17.7 Å². The second kappa shape index (κ2) is 8.29. The first kappa shape index (κ1) is 18.9. The van der Waals surface area contributed by atoms with Crippen LogP contribution in [0.5, 0.6) is 0 Å². The summed E-state index contributed by atoms with van der Waals surface area (Å²) in [5.74, 6) is 0.487. The third kappa shape index (κ3) is 4.36. The van der Waals surface area contributed by atoms with Gasteiger partial charge in [-0.3, -0.25) is 4.98 Å². The van der Waals surface area contributed by atoms with E-state index in [4.69, 9.17) is 0 Å². The van der Waals surface area contributed by atoms with Crippen LogP contribution in [0.4, 0.5) is 10.2 Å². The number of rotatable bonds is 4. The van der Waals surface area contributed by atoms with Crippen molar-refractivity contribution in [2.45, 2.75) is 18.9 Å². The van der Waals surface area contributed by atoms with Crippen LogP contribution in [0.2, 0.25) is 0 Å². The van der Waals surface area contributed by atoms with Gasteiger partial charge in [0.25, 0.3) is 0 Å². The van der Waals surface area contributed by atoms with Crippen molar-refractivity contribution in [3.8, 4) is 17.3 Å². The molecule has 1 aliphatic heterocycles. The molecule has 0 bridgehead atoms. The van der Waals surface area contributed by atoms with E-state index in [1.165, 1.54) is 12.1 Å². The van der Waals surface area contributed by atoms with Gasteiger partial charge in [0, 0.05) is 30.5 Å². The highest BCUT2D eigenvalue weighted by Crippen LogP contribution is 2.29. The second-order valence-electron chi connectivity index (χ2n) is 7.15. The molecule has 1 aliphatic rings. The van der Waals surface area contributed by atoms with Crippen LogP contribution in [0, 0.1) is 17.1 Å². The Morgan fingerprint density at radius 2 is 2.03 bits per heavy atom. The van der Waals surface area contributed by atoms with Gasteiger partial charge in [-0.25, -0.2) is 4.39 Å². The monoisotopic (exact) mass is 388 g/mol. The number of hydrogen-bond acceptors (Lipinski definition) is 4. The highest BCUT2D eigenvalue weighted by atomic mass is 19.1. The van der Waals surface area contributed by atoms with E-state index in [0.29, 0.717) is 12.1 Å². The van der Waals surface area contributed by atoms with Crippen LogP contribution in [-0.2, 0) is 0 Å². The average Bonchev–Trinajstić information content (AvgIpc) is 3.18. The fourth-order valence-corrected chi connectivity index (χ4v) is 3.55. The van der Waals surface area contributed by atoms with E-state index in [1.54, 1.807) is 18.3 Å². The molecule has 0 spiro atoms. The largest absolute Gasteiger partial charge is 0.391 e. The van der Waals surface area contributed by atoms with Gasteiger partial charge >= 0.3 is 0 Å². The van der Waals surface area contributed by atoms with Crippen molar-refractivity contribution in [3.63, 3.8) is 0 Å². The minimum atomic E-state index is -0.369. The van der Waals surface area contributed by atoms with E-state index in [-0.39, 0.29) is 11.9 Å². The van der Waals surface area contributed by atoms with Crippen LogP contribution in [0.25, 0.3) is 23.4 Å². The van der Waals surface area contributed by atoms with Crippen molar-refractivity contribution in [2.24, 2.45) is 0 Å². The summed E-state index contributed by atoms with van der Waals surface area (Å²) >= 11 is 0. The maximum Gasteiger partial charge on any atom is 0.124 e. The molecule has 1 atom stereocenters. The maximum atomic E-state index is 13.0. The van der Waals surface area contributed by atoms with Crippen LogP contribution < -0.4 is 4.90 Å². The molecule has 6 heteroatoms. The Morgan fingerprint density at radius 1 is 1.21 bits per heavy atom. The number of halogens is 1. The first-order chi connectivity index (χ1) is 14.1. The molecular formula is C23H21FN4O. The SMILES string of the molecule is N#Cc1cc(-c2ccnc(/C=C/c3ccc(F)cc3)c2)[nH]c1N1CCCC(O)C1. The average molecular weight is 388 g/mol. The molecule has 0 aliphatic carbocycles. The minimum absolute atomic E-state index is 0.264. The van der Waals surface area contributed by atoms with Gasteiger partial charge in [0.15, 0.2) is 0 Å². The summed E-state index contributed by atoms with van der Waals surface area (Å²) in [4.78, 5) is 9.74. The molecule has 29 heavy (non-hydrogen) atoms. The Kier molecular flexibility index (Phi) is 5.41. The number of aliphatic hydroxyl groups is 1. The van der Waals surface area contributed by atoms with Crippen LogP contribution >= 0.6 is 0 Å². The molecule has 0 saturated carbocycles. The number of H-pyrrole nitrogens is 1. The van der Waals surface area contributed by atoms with Crippen molar-refractivity contribution >= 4 is 18.0 Å². The van der Waals surface area contributed by atoms with Gasteiger partial charge < -0.3 is 15.0 Å². The Balaban J connectivity index is 1.59. The van der Waals surface area contributed by atoms with Crippen LogP contribution in [-0.4, -0.2) is 34.3 Å². The van der Waals surface area contributed by atoms with E-state index in [9.17, 15) is 14.8 Å². The molecule has 146 valence electrons. The molecular weight excluding hydrogens is 367 g/mol. The fourth-order valence-electron chi connectivity index (χ4n) is 3.55. The van der Waals surface area contributed by atoms with Gasteiger partial charge in [-0.1, -0.05) is 18.2 Å². The third-order valence-corrected chi connectivity index (χ3v) is 5.04. The van der Waals surface area contributed by atoms with Gasteiger partial charge in [-0.2, -0.15) is 5.26 Å². The summed E-state index contributed by atoms with van der Waals surface area (Å²) in [6, 6.07) is 14.2. The highest BCUT2D eigenvalue weighted by Gasteiger charge is 2.22. The Hall–Kier alpha value is -3.43. The summed E-state index contributed by atoms with van der Waals surface area (Å²) in [7, 11) is 0. The molecule has 1 unspecified atom stereocenters. The highest BCUT2D eigenvalue weighted by molar-refractivity contribution is 5.73. The summed E-state index contributed by atoms with van der Waals surface area (Å²) in [6.07, 6.45) is 6.78. The lowest BCUT2D eigenvalue weighted by atomic mass is 10.1. The number of aromatic nitrogens is 2. The normalized spacial score (nSPS) is 16.9. The molecule has 1 aromatic carbocycles. The lowest BCUT2D eigenvalue weighted by Crippen LogP contribution is -2.38. The van der Waals surface area contributed by atoms with Crippen molar-refractivity contribution in [2.75, 3.05) is 18.0 Å².